The molecule has 120 valence electrons. The molecule has 4 nitrogen and oxygen atoms in total. The number of rotatable bonds is 5. The monoisotopic (exact) mass is 338 g/mol. The van der Waals surface area contributed by atoms with Gasteiger partial charge in [0.05, 0.1) is 23.9 Å². The smallest absolute Gasteiger partial charge is 0.161 e. The molecule has 0 aliphatic carbocycles. The topological polar surface area (TPSA) is 47.3 Å². The van der Waals surface area contributed by atoms with Gasteiger partial charge >= 0.3 is 0 Å². The normalized spacial score (nSPS) is 12.5. The third kappa shape index (κ3) is 3.60. The SMILES string of the molecule is OC(COc1ccc(Cl)cc1)Cn1cnc2cc(F)c(F)cc21. The summed E-state index contributed by atoms with van der Waals surface area (Å²) < 4.78 is 33.5. The first-order valence-electron chi connectivity index (χ1n) is 6.89. The number of nitrogens with zero attached hydrogens (tertiary/aromatic N) is 2. The fraction of sp³-hybridized carbons (Fsp3) is 0.188. The lowest BCUT2D eigenvalue weighted by Gasteiger charge is -2.13. The van der Waals surface area contributed by atoms with Gasteiger partial charge in [0.25, 0.3) is 0 Å². The minimum absolute atomic E-state index is 0.0466. The molecule has 0 amide bonds. The molecule has 1 unspecified atom stereocenters. The van der Waals surface area contributed by atoms with E-state index in [1.807, 2.05) is 0 Å². The van der Waals surface area contributed by atoms with E-state index in [1.165, 1.54) is 6.33 Å². The van der Waals surface area contributed by atoms with Crippen molar-refractivity contribution in [2.24, 2.45) is 0 Å². The molecular weight excluding hydrogens is 326 g/mol. The second kappa shape index (κ2) is 6.52. The number of halogens is 3. The van der Waals surface area contributed by atoms with Gasteiger partial charge in [0, 0.05) is 17.2 Å². The molecule has 0 fully saturated rings. The Kier molecular flexibility index (Phi) is 4.45. The van der Waals surface area contributed by atoms with Gasteiger partial charge in [-0.2, -0.15) is 0 Å². The molecule has 1 heterocycles. The van der Waals surface area contributed by atoms with Gasteiger partial charge in [-0.1, -0.05) is 11.6 Å². The predicted molar refractivity (Wildman–Crippen MR) is 82.6 cm³/mol. The maximum absolute atomic E-state index is 13.3. The summed E-state index contributed by atoms with van der Waals surface area (Å²) in [4.78, 5) is 3.99. The fourth-order valence-electron chi connectivity index (χ4n) is 2.20. The van der Waals surface area contributed by atoms with Gasteiger partial charge in [0.1, 0.15) is 18.5 Å². The summed E-state index contributed by atoms with van der Waals surface area (Å²) >= 11 is 5.78. The van der Waals surface area contributed by atoms with Crippen molar-refractivity contribution in [2.45, 2.75) is 12.6 Å². The third-order valence-corrected chi connectivity index (χ3v) is 3.58. The zero-order valence-corrected chi connectivity index (χ0v) is 12.7. The van der Waals surface area contributed by atoms with E-state index in [1.54, 1.807) is 28.8 Å². The molecule has 1 atom stereocenters. The Balaban J connectivity index is 1.67. The minimum Gasteiger partial charge on any atom is -0.491 e. The molecule has 0 saturated heterocycles. The number of aliphatic hydroxyl groups is 1. The second-order valence-corrected chi connectivity index (χ2v) is 5.51. The Labute approximate surface area is 135 Å². The van der Waals surface area contributed by atoms with Gasteiger partial charge in [0.2, 0.25) is 0 Å². The molecule has 3 aromatic rings. The molecule has 0 spiro atoms. The van der Waals surface area contributed by atoms with Crippen LogP contribution in [0.2, 0.25) is 5.02 Å². The van der Waals surface area contributed by atoms with Crippen molar-refractivity contribution in [3.63, 3.8) is 0 Å². The highest BCUT2D eigenvalue weighted by Gasteiger charge is 2.12. The highest BCUT2D eigenvalue weighted by atomic mass is 35.5. The number of aliphatic hydroxyl groups excluding tert-OH is 1. The van der Waals surface area contributed by atoms with Gasteiger partial charge < -0.3 is 14.4 Å². The predicted octanol–water partition coefficient (Wildman–Crippen LogP) is 3.41. The number of imidazole rings is 1. The fourth-order valence-corrected chi connectivity index (χ4v) is 2.33. The summed E-state index contributed by atoms with van der Waals surface area (Å²) in [5.41, 5.74) is 0.740. The Morgan fingerprint density at radius 1 is 1.17 bits per heavy atom. The lowest BCUT2D eigenvalue weighted by Crippen LogP contribution is -2.23. The quantitative estimate of drug-likeness (QED) is 0.775. The van der Waals surface area contributed by atoms with Crippen molar-refractivity contribution < 1.29 is 18.6 Å². The first-order chi connectivity index (χ1) is 11.0. The van der Waals surface area contributed by atoms with Gasteiger partial charge in [-0.15, -0.1) is 0 Å². The summed E-state index contributed by atoms with van der Waals surface area (Å²) in [5.74, 6) is -1.32. The summed E-state index contributed by atoms with van der Waals surface area (Å²) in [7, 11) is 0. The van der Waals surface area contributed by atoms with Crippen LogP contribution in [0.5, 0.6) is 5.75 Å². The van der Waals surface area contributed by atoms with Crippen molar-refractivity contribution in [1.82, 2.24) is 9.55 Å². The average Bonchev–Trinajstić information content (AvgIpc) is 2.89. The van der Waals surface area contributed by atoms with E-state index in [0.29, 0.717) is 21.8 Å². The van der Waals surface area contributed by atoms with E-state index in [9.17, 15) is 13.9 Å². The lowest BCUT2D eigenvalue weighted by atomic mass is 10.3. The number of ether oxygens (including phenoxy) is 1. The highest BCUT2D eigenvalue weighted by molar-refractivity contribution is 6.30. The largest absolute Gasteiger partial charge is 0.491 e. The van der Waals surface area contributed by atoms with Crippen LogP contribution in [0.25, 0.3) is 11.0 Å². The molecular formula is C16H13ClF2N2O2. The molecule has 1 aromatic heterocycles. The Hall–Kier alpha value is -2.18. The zero-order valence-electron chi connectivity index (χ0n) is 11.9. The first kappa shape index (κ1) is 15.7. The van der Waals surface area contributed by atoms with Crippen LogP contribution in [-0.4, -0.2) is 27.4 Å². The standard InChI is InChI=1S/C16H13ClF2N2O2/c17-10-1-3-12(4-2-10)23-8-11(22)7-21-9-20-15-5-13(18)14(19)6-16(15)21/h1-6,9,11,22H,7-8H2. The van der Waals surface area contributed by atoms with Crippen LogP contribution in [0.15, 0.2) is 42.7 Å². The van der Waals surface area contributed by atoms with Crippen molar-refractivity contribution in [3.8, 4) is 5.75 Å². The van der Waals surface area contributed by atoms with Gasteiger partial charge in [-0.3, -0.25) is 0 Å². The lowest BCUT2D eigenvalue weighted by molar-refractivity contribution is 0.0934. The van der Waals surface area contributed by atoms with Crippen LogP contribution >= 0.6 is 11.6 Å². The summed E-state index contributed by atoms with van der Waals surface area (Å²) in [6.45, 7) is 0.195. The Morgan fingerprint density at radius 2 is 1.87 bits per heavy atom. The molecule has 1 N–H and O–H groups in total. The van der Waals surface area contributed by atoms with E-state index < -0.39 is 17.7 Å². The van der Waals surface area contributed by atoms with Crippen LogP contribution in [0.3, 0.4) is 0 Å². The van der Waals surface area contributed by atoms with E-state index in [-0.39, 0.29) is 13.2 Å². The minimum atomic E-state index is -0.953. The summed E-state index contributed by atoms with van der Waals surface area (Å²) in [6.07, 6.45) is 0.589. The van der Waals surface area contributed by atoms with E-state index in [0.717, 1.165) is 12.1 Å². The molecule has 0 aliphatic rings. The maximum atomic E-state index is 13.3. The number of fused-ring (bicyclic) bond motifs is 1. The zero-order chi connectivity index (χ0) is 16.4. The number of hydrogen-bond acceptors (Lipinski definition) is 3. The highest BCUT2D eigenvalue weighted by Crippen LogP contribution is 2.18. The van der Waals surface area contributed by atoms with Crippen molar-refractivity contribution in [2.75, 3.05) is 6.61 Å². The van der Waals surface area contributed by atoms with Gasteiger partial charge in [0.15, 0.2) is 11.6 Å². The third-order valence-electron chi connectivity index (χ3n) is 3.33. The molecule has 0 aliphatic heterocycles. The van der Waals surface area contributed by atoms with E-state index in [2.05, 4.69) is 4.98 Å². The van der Waals surface area contributed by atoms with Gasteiger partial charge in [-0.25, -0.2) is 13.8 Å². The molecule has 0 radical (unpaired) electrons. The Morgan fingerprint density at radius 3 is 2.61 bits per heavy atom. The van der Waals surface area contributed by atoms with Gasteiger partial charge in [-0.05, 0) is 24.3 Å². The van der Waals surface area contributed by atoms with E-state index in [4.69, 9.17) is 16.3 Å². The first-order valence-corrected chi connectivity index (χ1v) is 7.27. The van der Waals surface area contributed by atoms with Crippen LogP contribution in [0.4, 0.5) is 8.78 Å². The van der Waals surface area contributed by atoms with Crippen LogP contribution < -0.4 is 4.74 Å². The number of hydrogen-bond donors (Lipinski definition) is 1. The maximum Gasteiger partial charge on any atom is 0.161 e. The van der Waals surface area contributed by atoms with Crippen molar-refractivity contribution in [3.05, 3.63) is 59.4 Å². The molecule has 0 saturated carbocycles. The summed E-state index contributed by atoms with van der Waals surface area (Å²) in [6, 6.07) is 8.84. The van der Waals surface area contributed by atoms with Crippen molar-refractivity contribution >= 4 is 22.6 Å². The molecule has 3 rings (SSSR count). The summed E-state index contributed by atoms with van der Waals surface area (Å²) in [5, 5.41) is 10.6. The van der Waals surface area contributed by atoms with E-state index >= 15 is 0 Å². The second-order valence-electron chi connectivity index (χ2n) is 5.07. The number of aromatic nitrogens is 2. The molecule has 23 heavy (non-hydrogen) atoms. The molecule has 2 aromatic carbocycles. The molecule has 7 heteroatoms. The molecule has 0 bridgehead atoms. The Bertz CT molecular complexity index is 821. The van der Waals surface area contributed by atoms with Crippen LogP contribution in [0, 0.1) is 11.6 Å². The van der Waals surface area contributed by atoms with Crippen LogP contribution in [-0.2, 0) is 6.54 Å². The van der Waals surface area contributed by atoms with Crippen molar-refractivity contribution in [1.29, 1.82) is 0 Å². The average molecular weight is 339 g/mol. The van der Waals surface area contributed by atoms with Crippen LogP contribution in [0.1, 0.15) is 0 Å². The number of benzene rings is 2.